The van der Waals surface area contributed by atoms with Gasteiger partial charge in [-0.05, 0) is 25.3 Å². The Kier molecular flexibility index (Phi) is 4.28. The summed E-state index contributed by atoms with van der Waals surface area (Å²) in [4.78, 5) is 27.7. The number of ether oxygens (including phenoxy) is 1. The number of aryl methyl sites for hydroxylation is 2. The van der Waals surface area contributed by atoms with Crippen LogP contribution in [0, 0.1) is 18.8 Å². The summed E-state index contributed by atoms with van der Waals surface area (Å²) in [5.41, 5.74) is 0.497. The van der Waals surface area contributed by atoms with E-state index in [-0.39, 0.29) is 17.9 Å². The van der Waals surface area contributed by atoms with Crippen molar-refractivity contribution < 1.29 is 18.8 Å². The Bertz CT molecular complexity index is 969. The van der Waals surface area contributed by atoms with Gasteiger partial charge < -0.3 is 14.6 Å². The van der Waals surface area contributed by atoms with E-state index < -0.39 is 17.4 Å². The molecule has 1 aromatic carbocycles. The molecule has 0 radical (unpaired) electrons. The van der Waals surface area contributed by atoms with Crippen LogP contribution >= 0.6 is 0 Å². The van der Waals surface area contributed by atoms with Crippen LogP contribution < -0.4 is 10.2 Å². The van der Waals surface area contributed by atoms with Crippen LogP contribution in [0.4, 0.5) is 5.82 Å². The first-order valence-electron chi connectivity index (χ1n) is 10.0. The van der Waals surface area contributed by atoms with Crippen LogP contribution in [-0.2, 0) is 20.7 Å². The van der Waals surface area contributed by atoms with Crippen molar-refractivity contribution in [3.63, 3.8) is 0 Å². The molecule has 0 saturated carbocycles. The highest BCUT2D eigenvalue weighted by Crippen LogP contribution is 2.52. The highest BCUT2D eigenvalue weighted by molar-refractivity contribution is 6.02. The molecule has 0 aliphatic carbocycles. The van der Waals surface area contributed by atoms with Crippen molar-refractivity contribution in [1.82, 2.24) is 10.5 Å². The van der Waals surface area contributed by atoms with Crippen LogP contribution in [0.2, 0.25) is 0 Å². The van der Waals surface area contributed by atoms with Crippen molar-refractivity contribution in [2.24, 2.45) is 11.8 Å². The van der Waals surface area contributed by atoms with Gasteiger partial charge in [-0.3, -0.25) is 14.5 Å². The first-order chi connectivity index (χ1) is 14.1. The quantitative estimate of drug-likeness (QED) is 0.600. The third kappa shape index (κ3) is 2.97. The molecule has 0 unspecified atom stereocenters. The second-order valence-electron chi connectivity index (χ2n) is 8.00. The maximum atomic E-state index is 13.2. The number of hydrogen-bond donors (Lipinski definition) is 1. The smallest absolute Gasteiger partial charge is 0.235 e. The van der Waals surface area contributed by atoms with Gasteiger partial charge in [0, 0.05) is 12.6 Å². The Labute approximate surface area is 168 Å². The van der Waals surface area contributed by atoms with Crippen LogP contribution in [0.3, 0.4) is 0 Å². The van der Waals surface area contributed by atoms with E-state index >= 15 is 0 Å². The van der Waals surface area contributed by atoms with E-state index in [4.69, 9.17) is 9.26 Å². The molecule has 2 bridgehead atoms. The summed E-state index contributed by atoms with van der Waals surface area (Å²) in [6, 6.07) is 11.9. The van der Waals surface area contributed by atoms with Gasteiger partial charge in [0.2, 0.25) is 11.8 Å². The summed E-state index contributed by atoms with van der Waals surface area (Å²) < 4.78 is 11.2. The topological polar surface area (TPSA) is 84.7 Å². The molecule has 3 aliphatic rings. The van der Waals surface area contributed by atoms with Crippen LogP contribution in [0.5, 0.6) is 0 Å². The lowest BCUT2D eigenvalue weighted by atomic mass is 9.77. The monoisotopic (exact) mass is 393 g/mol. The van der Waals surface area contributed by atoms with Crippen molar-refractivity contribution in [3.8, 4) is 0 Å². The fraction of sp³-hybridized carbons (Fsp3) is 0.409. The summed E-state index contributed by atoms with van der Waals surface area (Å²) in [5, 5.41) is 6.97. The molecule has 7 heteroatoms. The molecular formula is C22H23N3O4. The summed E-state index contributed by atoms with van der Waals surface area (Å²) in [6.07, 6.45) is 5.25. The first kappa shape index (κ1) is 18.1. The second-order valence-corrected chi connectivity index (χ2v) is 8.00. The zero-order chi connectivity index (χ0) is 20.0. The van der Waals surface area contributed by atoms with E-state index in [1.54, 1.807) is 17.9 Å². The largest absolute Gasteiger partial charge is 0.360 e. The number of hydrogen-bond acceptors (Lipinski definition) is 5. The fourth-order valence-electron chi connectivity index (χ4n) is 4.74. The molecule has 2 fully saturated rings. The zero-order valence-electron chi connectivity index (χ0n) is 16.2. The van der Waals surface area contributed by atoms with Gasteiger partial charge >= 0.3 is 0 Å². The van der Waals surface area contributed by atoms with Crippen molar-refractivity contribution in [2.45, 2.75) is 31.5 Å². The predicted molar refractivity (Wildman–Crippen MR) is 105 cm³/mol. The van der Waals surface area contributed by atoms with E-state index in [9.17, 15) is 9.59 Å². The van der Waals surface area contributed by atoms with Crippen molar-refractivity contribution in [3.05, 3.63) is 59.9 Å². The third-order valence-electron chi connectivity index (χ3n) is 6.08. The minimum absolute atomic E-state index is 0.120. The van der Waals surface area contributed by atoms with Crippen LogP contribution in [0.15, 0.2) is 53.1 Å². The van der Waals surface area contributed by atoms with Gasteiger partial charge in [0.15, 0.2) is 5.82 Å². The summed E-state index contributed by atoms with van der Waals surface area (Å²) in [5.74, 6) is -0.180. The van der Waals surface area contributed by atoms with Crippen LogP contribution in [0.1, 0.15) is 17.7 Å². The van der Waals surface area contributed by atoms with Crippen molar-refractivity contribution >= 4 is 17.6 Å². The maximum absolute atomic E-state index is 13.2. The number of rotatable bonds is 6. The number of anilines is 1. The standard InChI is InChI=1S/C22H23N3O4/c1-14-12-17(24-29-14)25-13-22-10-9-16(28-22)18(19(22)21(25)27)20(26)23-11-5-8-15-6-3-2-4-7-15/h2-4,6-7,9-10,12,16,18-19H,5,8,11,13H2,1H3,(H,23,26)/t16-,18+,19+,22+/m1/s1. The lowest BCUT2D eigenvalue weighted by Gasteiger charge is -2.23. The van der Waals surface area contributed by atoms with Crippen LogP contribution in [-0.4, -0.2) is 41.8 Å². The van der Waals surface area contributed by atoms with Gasteiger partial charge in [-0.15, -0.1) is 0 Å². The first-order valence-corrected chi connectivity index (χ1v) is 10.0. The van der Waals surface area contributed by atoms with Crippen molar-refractivity contribution in [1.29, 1.82) is 0 Å². The Balaban J connectivity index is 1.26. The molecule has 2 aromatic rings. The lowest BCUT2D eigenvalue weighted by molar-refractivity contribution is -0.131. The Morgan fingerprint density at radius 2 is 2.17 bits per heavy atom. The van der Waals surface area contributed by atoms with E-state index in [2.05, 4.69) is 22.6 Å². The molecule has 1 N–H and O–H groups in total. The van der Waals surface area contributed by atoms with Gasteiger partial charge in [0.1, 0.15) is 11.4 Å². The molecular weight excluding hydrogens is 370 g/mol. The Hall–Kier alpha value is -2.93. The van der Waals surface area contributed by atoms with E-state index in [0.29, 0.717) is 24.7 Å². The number of fused-ring (bicyclic) bond motifs is 1. The number of carbonyl (C=O) groups is 2. The summed E-state index contributed by atoms with van der Waals surface area (Å²) in [6.45, 7) is 2.71. The van der Waals surface area contributed by atoms with Gasteiger partial charge in [-0.2, -0.15) is 0 Å². The normalized spacial score (nSPS) is 29.5. The number of amides is 2. The van der Waals surface area contributed by atoms with Crippen LogP contribution in [0.25, 0.3) is 0 Å². The number of nitrogens with one attached hydrogen (secondary N) is 1. The summed E-state index contributed by atoms with van der Waals surface area (Å²) >= 11 is 0. The molecule has 150 valence electrons. The number of benzene rings is 1. The molecule has 1 aromatic heterocycles. The van der Waals surface area contributed by atoms with Gasteiger partial charge in [-0.25, -0.2) is 0 Å². The molecule has 5 rings (SSSR count). The van der Waals surface area contributed by atoms with Gasteiger partial charge in [-0.1, -0.05) is 47.6 Å². The Morgan fingerprint density at radius 3 is 2.93 bits per heavy atom. The average molecular weight is 393 g/mol. The lowest BCUT2D eigenvalue weighted by Crippen LogP contribution is -2.44. The fourth-order valence-corrected chi connectivity index (χ4v) is 4.74. The SMILES string of the molecule is Cc1cc(N2C[C@]34C=C[C@@H](O3)[C@H](C(=O)NCCCc3ccccc3)[C@H]4C2=O)no1. The molecule has 29 heavy (non-hydrogen) atoms. The Morgan fingerprint density at radius 1 is 1.34 bits per heavy atom. The van der Waals surface area contributed by atoms with Gasteiger partial charge in [0.25, 0.3) is 0 Å². The molecule has 1 spiro atoms. The number of nitrogens with zero attached hydrogens (tertiary/aromatic N) is 2. The van der Waals surface area contributed by atoms with E-state index in [1.807, 2.05) is 30.4 Å². The zero-order valence-corrected chi connectivity index (χ0v) is 16.2. The highest BCUT2D eigenvalue weighted by atomic mass is 16.5. The molecule has 7 nitrogen and oxygen atoms in total. The number of aromatic nitrogens is 1. The molecule has 4 atom stereocenters. The van der Waals surface area contributed by atoms with E-state index in [0.717, 1.165) is 12.8 Å². The van der Waals surface area contributed by atoms with E-state index in [1.165, 1.54) is 5.56 Å². The third-order valence-corrected chi connectivity index (χ3v) is 6.08. The predicted octanol–water partition coefficient (Wildman–Crippen LogP) is 2.02. The molecule has 3 aliphatic heterocycles. The highest BCUT2D eigenvalue weighted by Gasteiger charge is 2.67. The molecule has 2 amide bonds. The summed E-state index contributed by atoms with van der Waals surface area (Å²) in [7, 11) is 0. The second kappa shape index (κ2) is 6.84. The number of carbonyl (C=O) groups excluding carboxylic acids is 2. The minimum atomic E-state index is -0.749. The average Bonchev–Trinajstić information content (AvgIpc) is 3.47. The minimum Gasteiger partial charge on any atom is -0.360 e. The molecule has 4 heterocycles. The van der Waals surface area contributed by atoms with Gasteiger partial charge in [0.05, 0.1) is 24.5 Å². The maximum Gasteiger partial charge on any atom is 0.235 e. The molecule has 2 saturated heterocycles. The van der Waals surface area contributed by atoms with Crippen molar-refractivity contribution in [2.75, 3.05) is 18.0 Å².